The highest BCUT2D eigenvalue weighted by Gasteiger charge is 2.69. The number of benzene rings is 1. The Balaban J connectivity index is 2.86. The SMILES string of the molecule is C#C[C@@]1([C@](O)(C#C[Si](C)(C)C)[C@H](O)C=C)O[C@@H](COCc2ccccc2)[C@H](O[Si](C)(C)C(C)(C)C)[C@H]1O[Si](C)(C)C(C)(C)C. The molecule has 1 aliphatic rings. The zero-order valence-electron chi connectivity index (χ0n) is 29.5. The van der Waals surface area contributed by atoms with Crippen LogP contribution in [0.3, 0.4) is 0 Å². The molecule has 6 nitrogen and oxygen atoms in total. The highest BCUT2D eigenvalue weighted by atomic mass is 28.4. The summed E-state index contributed by atoms with van der Waals surface area (Å²) in [6.07, 6.45) is 3.78. The molecule has 0 unspecified atom stereocenters. The molecule has 1 saturated heterocycles. The number of aliphatic hydroxyl groups excluding tert-OH is 1. The molecule has 0 spiro atoms. The maximum absolute atomic E-state index is 12.6. The first-order chi connectivity index (χ1) is 19.9. The van der Waals surface area contributed by atoms with Crippen molar-refractivity contribution in [2.75, 3.05) is 6.61 Å². The van der Waals surface area contributed by atoms with Crippen molar-refractivity contribution in [1.82, 2.24) is 0 Å². The molecule has 1 aromatic carbocycles. The van der Waals surface area contributed by atoms with Gasteiger partial charge in [-0.2, -0.15) is 0 Å². The minimum atomic E-state index is -2.57. The number of ether oxygens (including phenoxy) is 2. The number of hydrogen-bond acceptors (Lipinski definition) is 6. The molecule has 1 aliphatic heterocycles. The molecule has 0 radical (unpaired) electrons. The van der Waals surface area contributed by atoms with Crippen molar-refractivity contribution in [3.8, 4) is 23.8 Å². The Bertz CT molecular complexity index is 1230. The monoisotopic (exact) mass is 658 g/mol. The number of rotatable bonds is 11. The number of terminal acetylenes is 1. The van der Waals surface area contributed by atoms with E-state index >= 15 is 0 Å². The lowest BCUT2D eigenvalue weighted by Gasteiger charge is -2.48. The van der Waals surface area contributed by atoms with Crippen molar-refractivity contribution in [2.24, 2.45) is 0 Å². The second-order valence-electron chi connectivity index (χ2n) is 16.1. The van der Waals surface area contributed by atoms with Crippen molar-refractivity contribution in [3.05, 3.63) is 48.6 Å². The van der Waals surface area contributed by atoms with Gasteiger partial charge in [-0.05, 0) is 41.8 Å². The molecule has 2 rings (SSSR count). The molecule has 6 atom stereocenters. The average Bonchev–Trinajstić information content (AvgIpc) is 3.18. The van der Waals surface area contributed by atoms with E-state index in [0.29, 0.717) is 6.61 Å². The van der Waals surface area contributed by atoms with Gasteiger partial charge >= 0.3 is 0 Å². The first-order valence-electron chi connectivity index (χ1n) is 15.6. The average molecular weight is 659 g/mol. The van der Waals surface area contributed by atoms with E-state index in [1.807, 2.05) is 30.3 Å². The van der Waals surface area contributed by atoms with Crippen molar-refractivity contribution in [2.45, 2.75) is 140 Å². The zero-order valence-corrected chi connectivity index (χ0v) is 32.5. The van der Waals surface area contributed by atoms with E-state index in [1.54, 1.807) is 0 Å². The van der Waals surface area contributed by atoms with Crippen LogP contribution in [-0.2, 0) is 24.9 Å². The molecular formula is C35H58O6Si3. The summed E-state index contributed by atoms with van der Waals surface area (Å²) in [5.41, 5.74) is 0.132. The smallest absolute Gasteiger partial charge is 0.198 e. The van der Waals surface area contributed by atoms with Gasteiger partial charge in [-0.3, -0.25) is 0 Å². The third-order valence-electron chi connectivity index (χ3n) is 9.32. The molecule has 0 aliphatic carbocycles. The predicted octanol–water partition coefficient (Wildman–Crippen LogP) is 6.91. The molecule has 9 heteroatoms. The fourth-order valence-corrected chi connectivity index (χ4v) is 7.63. The van der Waals surface area contributed by atoms with E-state index < -0.39 is 60.3 Å². The molecule has 1 fully saturated rings. The summed E-state index contributed by atoms with van der Waals surface area (Å²) in [7, 11) is -7.08. The van der Waals surface area contributed by atoms with Gasteiger partial charge in [0.05, 0.1) is 13.2 Å². The second kappa shape index (κ2) is 13.7. The van der Waals surface area contributed by atoms with Gasteiger partial charge in [-0.25, -0.2) is 0 Å². The van der Waals surface area contributed by atoms with Crippen molar-refractivity contribution < 1.29 is 28.5 Å². The van der Waals surface area contributed by atoms with Gasteiger partial charge in [0.1, 0.15) is 32.5 Å². The molecular weight excluding hydrogens is 601 g/mol. The summed E-state index contributed by atoms with van der Waals surface area (Å²) in [6, 6.07) is 9.89. The van der Waals surface area contributed by atoms with Gasteiger partial charge in [0.15, 0.2) is 27.8 Å². The van der Waals surface area contributed by atoms with E-state index in [9.17, 15) is 10.2 Å². The molecule has 0 aromatic heterocycles. The van der Waals surface area contributed by atoms with Gasteiger partial charge in [0, 0.05) is 0 Å². The van der Waals surface area contributed by atoms with Gasteiger partial charge in [0.25, 0.3) is 0 Å². The van der Waals surface area contributed by atoms with Crippen molar-refractivity contribution >= 4 is 24.7 Å². The maximum atomic E-state index is 12.6. The van der Waals surface area contributed by atoms with Crippen LogP contribution < -0.4 is 0 Å². The van der Waals surface area contributed by atoms with Gasteiger partial charge < -0.3 is 28.5 Å². The Kier molecular flexibility index (Phi) is 12.0. The van der Waals surface area contributed by atoms with E-state index in [0.717, 1.165) is 5.56 Å². The summed E-state index contributed by atoms with van der Waals surface area (Å²) >= 11 is 0. The minimum absolute atomic E-state index is 0.136. The van der Waals surface area contributed by atoms with E-state index in [-0.39, 0.29) is 16.7 Å². The lowest BCUT2D eigenvalue weighted by molar-refractivity contribution is -0.178. The van der Waals surface area contributed by atoms with Crippen LogP contribution in [0, 0.1) is 23.8 Å². The first-order valence-corrected chi connectivity index (χ1v) is 24.9. The predicted molar refractivity (Wildman–Crippen MR) is 189 cm³/mol. The Hall–Kier alpha value is -1.51. The lowest BCUT2D eigenvalue weighted by atomic mass is 9.75. The van der Waals surface area contributed by atoms with Gasteiger partial charge in [0.2, 0.25) is 0 Å². The molecule has 0 bridgehead atoms. The summed E-state index contributed by atoms with van der Waals surface area (Å²) in [6.45, 7) is 32.0. The first kappa shape index (κ1) is 38.7. The van der Waals surface area contributed by atoms with Crippen LogP contribution in [0.4, 0.5) is 0 Å². The number of hydrogen-bond donors (Lipinski definition) is 2. The van der Waals surface area contributed by atoms with Gasteiger partial charge in [-0.1, -0.05) is 109 Å². The third kappa shape index (κ3) is 8.44. The van der Waals surface area contributed by atoms with Crippen molar-refractivity contribution in [3.63, 3.8) is 0 Å². The molecule has 0 amide bonds. The maximum Gasteiger partial charge on any atom is 0.198 e. The molecule has 44 heavy (non-hydrogen) atoms. The van der Waals surface area contributed by atoms with Crippen LogP contribution in [0.2, 0.25) is 55.9 Å². The largest absolute Gasteiger partial charge is 0.408 e. The minimum Gasteiger partial charge on any atom is -0.408 e. The van der Waals surface area contributed by atoms with Crippen LogP contribution in [0.25, 0.3) is 0 Å². The molecule has 1 heterocycles. The van der Waals surface area contributed by atoms with E-state index in [1.165, 1.54) is 6.08 Å². The molecule has 2 N–H and O–H groups in total. The second-order valence-corrected chi connectivity index (χ2v) is 30.4. The van der Waals surface area contributed by atoms with E-state index in [2.05, 4.69) is 111 Å². The Labute approximate surface area is 271 Å². The topological polar surface area (TPSA) is 77.4 Å². The van der Waals surface area contributed by atoms with Crippen LogP contribution in [-0.4, -0.2) is 77.1 Å². The standard InChI is InChI=1S/C35H58O6Si3/c1-16-29(36)34(37,23-24-42(9,10)11)35(17-2)31(41-44(14,15)33(6,7)8)30(40-43(12,13)32(3,4)5)28(39-35)26-38-25-27-21-19-18-20-22-27/h2,16,18-22,28-31,36-37H,1,25-26H2,3-15H3/t28-,29+,30-,31+,34-,35+/m0/s1. The van der Waals surface area contributed by atoms with Crippen LogP contribution in [0.5, 0.6) is 0 Å². The third-order valence-corrected chi connectivity index (χ3v) is 19.1. The van der Waals surface area contributed by atoms with Crippen LogP contribution >= 0.6 is 0 Å². The van der Waals surface area contributed by atoms with Crippen molar-refractivity contribution in [1.29, 1.82) is 0 Å². The fraction of sp³-hybridized carbons (Fsp3) is 0.657. The summed E-state index contributed by atoms with van der Waals surface area (Å²) in [5, 5.41) is 23.7. The van der Waals surface area contributed by atoms with Crippen LogP contribution in [0.1, 0.15) is 47.1 Å². The van der Waals surface area contributed by atoms with Crippen LogP contribution in [0.15, 0.2) is 43.0 Å². The summed E-state index contributed by atoms with van der Waals surface area (Å²) in [4.78, 5) is 0. The molecule has 0 saturated carbocycles. The fourth-order valence-electron chi connectivity index (χ4n) is 4.47. The lowest BCUT2D eigenvalue weighted by Crippen LogP contribution is -2.68. The summed E-state index contributed by atoms with van der Waals surface area (Å²) in [5.74, 6) is 5.82. The Morgan fingerprint density at radius 2 is 1.50 bits per heavy atom. The zero-order chi connectivity index (χ0) is 34.0. The Morgan fingerprint density at radius 1 is 0.977 bits per heavy atom. The normalized spacial score (nSPS) is 25.4. The van der Waals surface area contributed by atoms with Gasteiger partial charge in [-0.15, -0.1) is 18.5 Å². The molecule has 246 valence electrons. The quantitative estimate of drug-likeness (QED) is 0.153. The number of aliphatic hydroxyl groups is 2. The van der Waals surface area contributed by atoms with E-state index in [4.69, 9.17) is 24.7 Å². The molecule has 1 aromatic rings. The summed E-state index contributed by atoms with van der Waals surface area (Å²) < 4.78 is 27.4. The Morgan fingerprint density at radius 3 is 1.95 bits per heavy atom. The highest BCUT2D eigenvalue weighted by Crippen LogP contribution is 2.50. The highest BCUT2D eigenvalue weighted by molar-refractivity contribution is 6.83.